The molecule has 0 heterocycles. The van der Waals surface area contributed by atoms with Crippen molar-refractivity contribution in [2.45, 2.75) is 105 Å². The molecule has 0 spiro atoms. The lowest BCUT2D eigenvalue weighted by Gasteiger charge is -2.25. The zero-order chi connectivity index (χ0) is 28.5. The average molecular weight is 547 g/mol. The molecule has 0 saturated carbocycles. The molecule has 0 amide bonds. The normalized spacial score (nSPS) is 14.5. The standard InChI is InChI=1S/C34H46N2S2/c1-31(2,3)23-17-24(32(4,5)6)20-27(19-23)35-37-29-13-15-30(16-14-29)38-36-28-21-25(33(7,8)9)18-26(22-28)34(10,11)12/h13-22H,1-12H3. The van der Waals surface area contributed by atoms with Gasteiger partial charge in [-0.05, 0) is 115 Å². The summed E-state index contributed by atoms with van der Waals surface area (Å²) in [4.78, 5) is 2.25. The predicted octanol–water partition coefficient (Wildman–Crippen LogP) is 9.84. The van der Waals surface area contributed by atoms with Crippen LogP contribution in [0.3, 0.4) is 0 Å². The Balaban J connectivity index is 1.93. The van der Waals surface area contributed by atoms with Crippen LogP contribution in [-0.2, 0) is 44.0 Å². The van der Waals surface area contributed by atoms with E-state index in [1.54, 1.807) is 0 Å². The summed E-state index contributed by atoms with van der Waals surface area (Å²) in [7, 11) is 0. The molecule has 2 nitrogen and oxygen atoms in total. The SMILES string of the molecule is CC(C)(C)c1cc(N=S=C2C=CC(=S=Nc3cc(C(C)(C)C)cc(C(C)(C)C)c3)C=C2)cc(C(C)(C)C)c1. The average Bonchev–Trinajstić information content (AvgIpc) is 2.79. The van der Waals surface area contributed by atoms with E-state index >= 15 is 0 Å². The van der Waals surface area contributed by atoms with Crippen LogP contribution in [0.5, 0.6) is 0 Å². The van der Waals surface area contributed by atoms with E-state index < -0.39 is 0 Å². The summed E-state index contributed by atoms with van der Waals surface area (Å²) in [5.41, 5.74) is 7.66. The summed E-state index contributed by atoms with van der Waals surface area (Å²) < 4.78 is 9.80. The first-order valence-electron chi connectivity index (χ1n) is 13.5. The third-order valence-electron chi connectivity index (χ3n) is 6.64. The van der Waals surface area contributed by atoms with Gasteiger partial charge in [-0.1, -0.05) is 95.2 Å². The lowest BCUT2D eigenvalue weighted by molar-refractivity contribution is 0.568. The second-order valence-electron chi connectivity index (χ2n) is 14.4. The van der Waals surface area contributed by atoms with Gasteiger partial charge >= 0.3 is 0 Å². The first-order chi connectivity index (χ1) is 17.3. The number of hydrogen-bond acceptors (Lipinski definition) is 2. The molecule has 0 radical (unpaired) electrons. The maximum Gasteiger partial charge on any atom is 0.0765 e. The van der Waals surface area contributed by atoms with Crippen LogP contribution in [0.2, 0.25) is 0 Å². The smallest absolute Gasteiger partial charge is 0.0765 e. The molecule has 0 aliphatic heterocycles. The molecule has 0 aromatic heterocycles. The van der Waals surface area contributed by atoms with Crippen molar-refractivity contribution in [3.63, 3.8) is 0 Å². The summed E-state index contributed by atoms with van der Waals surface area (Å²) in [5.74, 6) is 0. The monoisotopic (exact) mass is 546 g/mol. The first kappa shape index (κ1) is 30.2. The topological polar surface area (TPSA) is 24.7 Å². The summed E-state index contributed by atoms with van der Waals surface area (Å²) in [5, 5.41) is 0. The van der Waals surface area contributed by atoms with Gasteiger partial charge in [0, 0.05) is 9.73 Å². The Morgan fingerprint density at radius 2 is 0.632 bits per heavy atom. The van der Waals surface area contributed by atoms with Gasteiger partial charge in [0.15, 0.2) is 0 Å². The largest absolute Gasteiger partial charge is 0.193 e. The Morgan fingerprint density at radius 1 is 0.395 bits per heavy atom. The van der Waals surface area contributed by atoms with E-state index in [2.05, 4.69) is 144 Å². The Morgan fingerprint density at radius 3 is 0.842 bits per heavy atom. The van der Waals surface area contributed by atoms with Crippen molar-refractivity contribution < 1.29 is 0 Å². The highest BCUT2D eigenvalue weighted by Gasteiger charge is 2.21. The fourth-order valence-electron chi connectivity index (χ4n) is 3.83. The molecule has 2 aromatic carbocycles. The zero-order valence-electron chi connectivity index (χ0n) is 25.5. The van der Waals surface area contributed by atoms with E-state index in [1.807, 2.05) is 0 Å². The third-order valence-corrected chi connectivity index (χ3v) is 8.21. The van der Waals surface area contributed by atoms with Crippen molar-refractivity contribution in [2.24, 2.45) is 8.73 Å². The summed E-state index contributed by atoms with van der Waals surface area (Å²) >= 11 is 3.06. The number of allylic oxidation sites excluding steroid dienone is 4. The number of hydrogen-bond donors (Lipinski definition) is 0. The molecule has 204 valence electrons. The third kappa shape index (κ3) is 8.35. The van der Waals surface area contributed by atoms with E-state index in [0.29, 0.717) is 0 Å². The minimum atomic E-state index is 0.0820. The lowest BCUT2D eigenvalue weighted by atomic mass is 9.80. The molecule has 0 atom stereocenters. The molecular weight excluding hydrogens is 501 g/mol. The van der Waals surface area contributed by atoms with Crippen LogP contribution in [0.4, 0.5) is 11.4 Å². The van der Waals surface area contributed by atoms with Crippen molar-refractivity contribution >= 4 is 43.4 Å². The minimum Gasteiger partial charge on any atom is -0.193 e. The van der Waals surface area contributed by atoms with Gasteiger partial charge in [0.1, 0.15) is 0 Å². The van der Waals surface area contributed by atoms with Gasteiger partial charge in [-0.25, -0.2) is 0 Å². The molecule has 0 fully saturated rings. The molecule has 3 rings (SSSR count). The zero-order valence-corrected chi connectivity index (χ0v) is 27.1. The molecule has 0 bridgehead atoms. The van der Waals surface area contributed by atoms with E-state index in [1.165, 1.54) is 44.5 Å². The molecule has 0 saturated heterocycles. The Hall–Kier alpha value is -2.30. The molecule has 0 unspecified atom stereocenters. The Labute approximate surface area is 239 Å². The maximum atomic E-state index is 4.90. The first-order valence-corrected chi connectivity index (χ1v) is 15.1. The van der Waals surface area contributed by atoms with Crippen LogP contribution in [0.1, 0.15) is 105 Å². The van der Waals surface area contributed by atoms with Gasteiger partial charge in [-0.15, -0.1) is 0 Å². The number of benzene rings is 2. The summed E-state index contributed by atoms with van der Waals surface area (Å²) in [6, 6.07) is 13.6. The molecule has 4 heteroatoms. The van der Waals surface area contributed by atoms with Crippen molar-refractivity contribution in [2.75, 3.05) is 0 Å². The molecule has 0 N–H and O–H groups in total. The maximum absolute atomic E-state index is 4.90. The molecular formula is C34H46N2S2. The van der Waals surface area contributed by atoms with Gasteiger partial charge in [0.2, 0.25) is 0 Å². The van der Waals surface area contributed by atoms with Crippen molar-refractivity contribution in [3.05, 3.63) is 83.0 Å². The Kier molecular flexibility index (Phi) is 8.80. The highest BCUT2D eigenvalue weighted by molar-refractivity contribution is 7.70. The predicted molar refractivity (Wildman–Crippen MR) is 175 cm³/mol. The number of nitrogens with zero attached hydrogens (tertiary/aromatic N) is 2. The van der Waals surface area contributed by atoms with Crippen LogP contribution in [0.15, 0.2) is 69.4 Å². The fourth-order valence-corrected chi connectivity index (χ4v) is 4.98. The molecule has 1 aliphatic rings. The van der Waals surface area contributed by atoms with Gasteiger partial charge in [0.05, 0.1) is 11.4 Å². The van der Waals surface area contributed by atoms with Gasteiger partial charge in [0.25, 0.3) is 0 Å². The van der Waals surface area contributed by atoms with Crippen molar-refractivity contribution in [1.29, 1.82) is 0 Å². The summed E-state index contributed by atoms with van der Waals surface area (Å²) in [6.07, 6.45) is 8.54. The van der Waals surface area contributed by atoms with Crippen LogP contribution < -0.4 is 0 Å². The van der Waals surface area contributed by atoms with Crippen LogP contribution in [0.25, 0.3) is 0 Å². The van der Waals surface area contributed by atoms with Crippen molar-refractivity contribution in [3.8, 4) is 0 Å². The highest BCUT2D eigenvalue weighted by Crippen LogP contribution is 2.34. The van der Waals surface area contributed by atoms with E-state index in [0.717, 1.165) is 21.1 Å². The van der Waals surface area contributed by atoms with Crippen LogP contribution >= 0.6 is 0 Å². The molecule has 38 heavy (non-hydrogen) atoms. The van der Waals surface area contributed by atoms with Crippen LogP contribution in [-0.4, -0.2) is 9.73 Å². The summed E-state index contributed by atoms with van der Waals surface area (Å²) in [6.45, 7) is 27.1. The second kappa shape index (κ2) is 11.1. The Bertz CT molecular complexity index is 1210. The molecule has 2 aromatic rings. The van der Waals surface area contributed by atoms with Crippen LogP contribution in [0, 0.1) is 0 Å². The second-order valence-corrected chi connectivity index (χ2v) is 16.0. The van der Waals surface area contributed by atoms with Crippen molar-refractivity contribution in [1.82, 2.24) is 0 Å². The lowest BCUT2D eigenvalue weighted by Crippen LogP contribution is -2.16. The highest BCUT2D eigenvalue weighted by atomic mass is 32.1. The van der Waals surface area contributed by atoms with E-state index in [-0.39, 0.29) is 21.7 Å². The van der Waals surface area contributed by atoms with Gasteiger partial charge in [-0.2, -0.15) is 8.73 Å². The number of rotatable bonds is 2. The fraction of sp³-hybridized carbons (Fsp3) is 0.471. The van der Waals surface area contributed by atoms with E-state index in [4.69, 9.17) is 8.73 Å². The quantitative estimate of drug-likeness (QED) is 0.335. The van der Waals surface area contributed by atoms with E-state index in [9.17, 15) is 0 Å². The molecule has 1 aliphatic carbocycles. The van der Waals surface area contributed by atoms with Gasteiger partial charge in [-0.3, -0.25) is 0 Å². The van der Waals surface area contributed by atoms with Gasteiger partial charge < -0.3 is 0 Å². The minimum absolute atomic E-state index is 0.0820.